The topological polar surface area (TPSA) is 54.0 Å². The summed E-state index contributed by atoms with van der Waals surface area (Å²) in [7, 11) is 0. The quantitative estimate of drug-likeness (QED) is 0.883. The minimum Gasteiger partial charge on any atom is -0.324 e. The second kappa shape index (κ2) is 5.54. The lowest BCUT2D eigenvalue weighted by Gasteiger charge is -2.22. The van der Waals surface area contributed by atoms with Gasteiger partial charge < -0.3 is 10.6 Å². The van der Waals surface area contributed by atoms with E-state index in [1.807, 2.05) is 0 Å². The van der Waals surface area contributed by atoms with Crippen LogP contribution < -0.4 is 10.6 Å². The van der Waals surface area contributed by atoms with Gasteiger partial charge in [0.1, 0.15) is 5.82 Å². The number of anilines is 1. The molecule has 1 unspecified atom stereocenters. The van der Waals surface area contributed by atoms with Gasteiger partial charge in [-0.05, 0) is 37.6 Å². The summed E-state index contributed by atoms with van der Waals surface area (Å²) in [5.41, 5.74) is 0.500. The molecule has 1 aliphatic rings. The first-order valence-corrected chi connectivity index (χ1v) is 6.81. The first-order chi connectivity index (χ1) is 9.74. The highest BCUT2D eigenvalue weighted by molar-refractivity contribution is 6.03. The van der Waals surface area contributed by atoms with Gasteiger partial charge >= 0.3 is 0 Å². The van der Waals surface area contributed by atoms with Crippen molar-refractivity contribution in [1.82, 2.24) is 10.3 Å². The van der Waals surface area contributed by atoms with E-state index in [1.54, 1.807) is 18.5 Å². The van der Waals surface area contributed by atoms with Gasteiger partial charge in [0.2, 0.25) is 5.91 Å². The van der Waals surface area contributed by atoms with Crippen LogP contribution in [0.1, 0.15) is 19.3 Å². The van der Waals surface area contributed by atoms with Crippen molar-refractivity contribution < 1.29 is 9.18 Å². The molecule has 1 atom stereocenters. The smallest absolute Gasteiger partial charge is 0.241 e. The number of nitrogens with zero attached hydrogens (tertiary/aromatic N) is 1. The lowest BCUT2D eigenvalue weighted by molar-refractivity contribution is -0.118. The van der Waals surface area contributed by atoms with Gasteiger partial charge in [-0.1, -0.05) is 6.42 Å². The third kappa shape index (κ3) is 2.63. The van der Waals surface area contributed by atoms with Crippen LogP contribution >= 0.6 is 0 Å². The first kappa shape index (κ1) is 13.0. The molecule has 1 amide bonds. The van der Waals surface area contributed by atoms with E-state index in [4.69, 9.17) is 0 Å². The molecule has 2 heterocycles. The fourth-order valence-corrected chi connectivity index (χ4v) is 2.57. The Kier molecular flexibility index (Phi) is 3.60. The molecular weight excluding hydrogens is 257 g/mol. The van der Waals surface area contributed by atoms with E-state index in [9.17, 15) is 9.18 Å². The van der Waals surface area contributed by atoms with Crippen LogP contribution in [0, 0.1) is 5.82 Å². The average molecular weight is 273 g/mol. The zero-order valence-corrected chi connectivity index (χ0v) is 11.0. The third-order valence-electron chi connectivity index (χ3n) is 3.60. The molecule has 1 aromatic carbocycles. The largest absolute Gasteiger partial charge is 0.324 e. The average Bonchev–Trinajstić information content (AvgIpc) is 2.48. The molecule has 1 aliphatic heterocycles. The Morgan fingerprint density at radius 1 is 1.40 bits per heavy atom. The normalized spacial score (nSPS) is 18.9. The molecule has 0 bridgehead atoms. The molecule has 20 heavy (non-hydrogen) atoms. The summed E-state index contributed by atoms with van der Waals surface area (Å²) in [6, 6.07) is 4.35. The summed E-state index contributed by atoms with van der Waals surface area (Å²) in [6.07, 6.45) is 6.18. The molecule has 0 aliphatic carbocycles. The maximum absolute atomic E-state index is 13.6. The summed E-state index contributed by atoms with van der Waals surface area (Å²) in [6.45, 7) is 0.853. The second-order valence-electron chi connectivity index (χ2n) is 5.04. The number of carbonyl (C=O) groups is 1. The molecule has 2 N–H and O–H groups in total. The molecule has 1 saturated heterocycles. The van der Waals surface area contributed by atoms with Crippen molar-refractivity contribution in [2.45, 2.75) is 25.3 Å². The molecule has 4 nitrogen and oxygen atoms in total. The predicted octanol–water partition coefficient (Wildman–Crippen LogP) is 2.45. The van der Waals surface area contributed by atoms with Gasteiger partial charge in [0.05, 0.1) is 11.7 Å². The lowest BCUT2D eigenvalue weighted by atomic mass is 10.0. The number of benzene rings is 1. The number of rotatable bonds is 2. The Morgan fingerprint density at radius 3 is 3.10 bits per heavy atom. The van der Waals surface area contributed by atoms with Gasteiger partial charge in [0.15, 0.2) is 0 Å². The number of halogens is 1. The zero-order chi connectivity index (χ0) is 13.9. The summed E-state index contributed by atoms with van der Waals surface area (Å²) in [5, 5.41) is 7.49. The van der Waals surface area contributed by atoms with Crippen molar-refractivity contribution in [1.29, 1.82) is 0 Å². The molecule has 1 aromatic heterocycles. The predicted molar refractivity (Wildman–Crippen MR) is 76.0 cm³/mol. The van der Waals surface area contributed by atoms with Crippen molar-refractivity contribution in [3.63, 3.8) is 0 Å². The Balaban J connectivity index is 1.88. The number of nitrogens with one attached hydrogen (secondary N) is 2. The SMILES string of the molecule is O=C(Nc1cc(F)cc2cnccc12)C1CCCCN1. The molecular formula is C15H16FN3O. The van der Waals surface area contributed by atoms with Crippen molar-refractivity contribution in [2.24, 2.45) is 0 Å². The molecule has 5 heteroatoms. The van der Waals surface area contributed by atoms with Gasteiger partial charge in [-0.3, -0.25) is 9.78 Å². The van der Waals surface area contributed by atoms with Crippen LogP contribution in [-0.4, -0.2) is 23.5 Å². The highest BCUT2D eigenvalue weighted by atomic mass is 19.1. The van der Waals surface area contributed by atoms with Crippen LogP contribution in [-0.2, 0) is 4.79 Å². The van der Waals surface area contributed by atoms with E-state index < -0.39 is 0 Å². The maximum Gasteiger partial charge on any atom is 0.241 e. The minimum absolute atomic E-state index is 0.103. The van der Waals surface area contributed by atoms with E-state index in [2.05, 4.69) is 15.6 Å². The molecule has 104 valence electrons. The number of hydrogen-bond acceptors (Lipinski definition) is 3. The molecule has 0 saturated carbocycles. The Morgan fingerprint density at radius 2 is 2.30 bits per heavy atom. The van der Waals surface area contributed by atoms with Crippen molar-refractivity contribution in [2.75, 3.05) is 11.9 Å². The first-order valence-electron chi connectivity index (χ1n) is 6.81. The van der Waals surface area contributed by atoms with Crippen molar-refractivity contribution in [3.05, 3.63) is 36.4 Å². The standard InChI is InChI=1S/C15H16FN3O/c16-11-7-10-9-17-6-4-12(10)14(8-11)19-15(20)13-3-1-2-5-18-13/h4,6-9,13,18H,1-3,5H2,(H,19,20). The van der Waals surface area contributed by atoms with Gasteiger partial charge in [-0.15, -0.1) is 0 Å². The maximum atomic E-state index is 13.6. The van der Waals surface area contributed by atoms with Gasteiger partial charge in [-0.25, -0.2) is 4.39 Å². The number of piperidine rings is 1. The summed E-state index contributed by atoms with van der Waals surface area (Å²) in [5.74, 6) is -0.481. The second-order valence-corrected chi connectivity index (χ2v) is 5.04. The lowest BCUT2D eigenvalue weighted by Crippen LogP contribution is -2.43. The number of carbonyl (C=O) groups excluding carboxylic acids is 1. The molecule has 0 radical (unpaired) electrons. The summed E-state index contributed by atoms with van der Waals surface area (Å²) in [4.78, 5) is 16.2. The van der Waals surface area contributed by atoms with Crippen molar-refractivity contribution >= 4 is 22.4 Å². The van der Waals surface area contributed by atoms with Gasteiger partial charge in [0.25, 0.3) is 0 Å². The van der Waals surface area contributed by atoms with Crippen LogP contribution in [0.3, 0.4) is 0 Å². The van der Waals surface area contributed by atoms with Crippen LogP contribution in [0.2, 0.25) is 0 Å². The Labute approximate surface area is 116 Å². The Hall–Kier alpha value is -2.01. The fourth-order valence-electron chi connectivity index (χ4n) is 2.57. The third-order valence-corrected chi connectivity index (χ3v) is 3.60. The molecule has 1 fully saturated rings. The van der Waals surface area contributed by atoms with Crippen LogP contribution in [0.5, 0.6) is 0 Å². The summed E-state index contributed by atoms with van der Waals surface area (Å²) >= 11 is 0. The van der Waals surface area contributed by atoms with Crippen LogP contribution in [0.4, 0.5) is 10.1 Å². The highest BCUT2D eigenvalue weighted by Gasteiger charge is 2.21. The van der Waals surface area contributed by atoms with E-state index in [-0.39, 0.29) is 17.8 Å². The van der Waals surface area contributed by atoms with Crippen LogP contribution in [0.25, 0.3) is 10.8 Å². The van der Waals surface area contributed by atoms with Gasteiger partial charge in [-0.2, -0.15) is 0 Å². The van der Waals surface area contributed by atoms with E-state index in [0.717, 1.165) is 31.2 Å². The highest BCUT2D eigenvalue weighted by Crippen LogP contribution is 2.24. The van der Waals surface area contributed by atoms with Gasteiger partial charge in [0, 0.05) is 23.2 Å². The Bertz CT molecular complexity index is 638. The van der Waals surface area contributed by atoms with E-state index in [0.29, 0.717) is 11.1 Å². The van der Waals surface area contributed by atoms with E-state index in [1.165, 1.54) is 12.1 Å². The van der Waals surface area contributed by atoms with E-state index >= 15 is 0 Å². The molecule has 2 aromatic rings. The number of fused-ring (bicyclic) bond motifs is 1. The van der Waals surface area contributed by atoms with Crippen molar-refractivity contribution in [3.8, 4) is 0 Å². The zero-order valence-electron chi connectivity index (χ0n) is 11.0. The monoisotopic (exact) mass is 273 g/mol. The summed E-state index contributed by atoms with van der Waals surface area (Å²) < 4.78 is 13.6. The fraction of sp³-hybridized carbons (Fsp3) is 0.333. The molecule has 3 rings (SSSR count). The number of pyridine rings is 1. The van der Waals surface area contributed by atoms with Crippen LogP contribution in [0.15, 0.2) is 30.6 Å². The number of amides is 1. The number of hydrogen-bond donors (Lipinski definition) is 2. The molecule has 0 spiro atoms. The minimum atomic E-state index is -0.377. The number of aromatic nitrogens is 1.